The summed E-state index contributed by atoms with van der Waals surface area (Å²) in [5, 5.41) is 0.914. The molecule has 1 saturated carbocycles. The molecule has 40 valence electrons. The van der Waals surface area contributed by atoms with E-state index in [1.54, 1.807) is 0 Å². The summed E-state index contributed by atoms with van der Waals surface area (Å²) in [4.78, 5) is 0. The van der Waals surface area contributed by atoms with Crippen LogP contribution in [-0.2, 0) is 0 Å². The zero-order chi connectivity index (χ0) is 5.28. The van der Waals surface area contributed by atoms with Crippen molar-refractivity contribution >= 4 is 11.8 Å². The molecule has 0 aromatic heterocycles. The molecule has 0 aromatic rings. The smallest absolute Gasteiger partial charge is 0.0113 e. The van der Waals surface area contributed by atoms with E-state index >= 15 is 0 Å². The van der Waals surface area contributed by atoms with E-state index in [0.29, 0.717) is 0 Å². The summed E-state index contributed by atoms with van der Waals surface area (Å²) in [6, 6.07) is 0. The van der Waals surface area contributed by atoms with Crippen molar-refractivity contribution < 1.29 is 0 Å². The highest BCUT2D eigenvalue weighted by molar-refractivity contribution is 7.99. The Kier molecular flexibility index (Phi) is 1.43. The summed E-state index contributed by atoms with van der Waals surface area (Å²) in [5.41, 5.74) is 0. The molecule has 1 aliphatic rings. The average Bonchev–Trinajstić information content (AvgIpc) is 2.43. The summed E-state index contributed by atoms with van der Waals surface area (Å²) in [5.74, 6) is 0.843. The zero-order valence-electron chi connectivity index (χ0n) is 4.55. The van der Waals surface area contributed by atoms with Crippen LogP contribution in [0.4, 0.5) is 0 Å². The van der Waals surface area contributed by atoms with Crippen LogP contribution in [0.3, 0.4) is 0 Å². The van der Waals surface area contributed by atoms with Crippen molar-refractivity contribution in [2.75, 3.05) is 6.26 Å². The van der Waals surface area contributed by atoms with E-state index in [4.69, 9.17) is 0 Å². The second kappa shape index (κ2) is 1.91. The molecule has 0 aliphatic heterocycles. The van der Waals surface area contributed by atoms with E-state index in [0.717, 1.165) is 11.2 Å². The third-order valence-corrected chi connectivity index (χ3v) is 2.53. The Morgan fingerprint density at radius 2 is 2.57 bits per heavy atom. The van der Waals surface area contributed by atoms with Crippen LogP contribution < -0.4 is 0 Å². The van der Waals surface area contributed by atoms with Gasteiger partial charge < -0.3 is 0 Å². The van der Waals surface area contributed by atoms with Crippen LogP contribution >= 0.6 is 11.8 Å². The van der Waals surface area contributed by atoms with Gasteiger partial charge in [-0.2, -0.15) is 11.8 Å². The van der Waals surface area contributed by atoms with Crippen molar-refractivity contribution in [2.24, 2.45) is 5.92 Å². The average molecular weight is 114 g/mol. The molecule has 1 rings (SSSR count). The Hall–Kier alpha value is 0.0900. The molecule has 0 bridgehead atoms. The molecule has 0 heterocycles. The van der Waals surface area contributed by atoms with E-state index in [2.05, 4.69) is 18.9 Å². The van der Waals surface area contributed by atoms with Crippen LogP contribution in [0.25, 0.3) is 0 Å². The third-order valence-electron chi connectivity index (χ3n) is 1.38. The highest BCUT2D eigenvalue weighted by Crippen LogP contribution is 2.40. The highest BCUT2D eigenvalue weighted by atomic mass is 32.2. The molecule has 0 aromatic carbocycles. The van der Waals surface area contributed by atoms with Crippen LogP contribution in [0.15, 0.2) is 12.7 Å². The highest BCUT2D eigenvalue weighted by Gasteiger charge is 2.32. The Balaban J connectivity index is 2.17. The Morgan fingerprint density at radius 1 is 1.86 bits per heavy atom. The molecule has 0 radical (unpaired) electrons. The van der Waals surface area contributed by atoms with Gasteiger partial charge in [0.1, 0.15) is 0 Å². The maximum absolute atomic E-state index is 3.71. The van der Waals surface area contributed by atoms with Crippen LogP contribution in [-0.4, -0.2) is 11.5 Å². The number of thioether (sulfide) groups is 1. The maximum Gasteiger partial charge on any atom is 0.0113 e. The Morgan fingerprint density at radius 3 is 2.71 bits per heavy atom. The fraction of sp³-hybridized carbons (Fsp3) is 0.667. The van der Waals surface area contributed by atoms with Crippen LogP contribution in [0.5, 0.6) is 0 Å². The third kappa shape index (κ3) is 1.00. The molecule has 0 N–H and O–H groups in total. The monoisotopic (exact) mass is 114 g/mol. The van der Waals surface area contributed by atoms with E-state index in [1.807, 2.05) is 11.8 Å². The number of hydrogen-bond donors (Lipinski definition) is 0. The van der Waals surface area contributed by atoms with Gasteiger partial charge in [0.2, 0.25) is 0 Å². The van der Waals surface area contributed by atoms with Gasteiger partial charge >= 0.3 is 0 Å². The van der Waals surface area contributed by atoms with Crippen molar-refractivity contribution in [3.05, 3.63) is 12.7 Å². The molecule has 0 spiro atoms. The van der Waals surface area contributed by atoms with Crippen molar-refractivity contribution in [3.8, 4) is 0 Å². The molecule has 0 unspecified atom stereocenters. The topological polar surface area (TPSA) is 0 Å². The molecule has 0 saturated heterocycles. The van der Waals surface area contributed by atoms with E-state index in [1.165, 1.54) is 6.42 Å². The van der Waals surface area contributed by atoms with Crippen molar-refractivity contribution in [1.29, 1.82) is 0 Å². The normalized spacial score (nSPS) is 37.9. The molecule has 1 heteroatoms. The van der Waals surface area contributed by atoms with Gasteiger partial charge in [-0.3, -0.25) is 0 Å². The summed E-state index contributed by atoms with van der Waals surface area (Å²) in [6.45, 7) is 3.71. The van der Waals surface area contributed by atoms with E-state index in [9.17, 15) is 0 Å². The lowest BCUT2D eigenvalue weighted by Gasteiger charge is -1.81. The van der Waals surface area contributed by atoms with Crippen LogP contribution in [0.1, 0.15) is 6.42 Å². The zero-order valence-corrected chi connectivity index (χ0v) is 5.37. The molecule has 1 fully saturated rings. The summed E-state index contributed by atoms with van der Waals surface area (Å²) in [7, 11) is 0. The number of allylic oxidation sites excluding steroid dienone is 1. The van der Waals surface area contributed by atoms with E-state index in [-0.39, 0.29) is 0 Å². The minimum absolute atomic E-state index is 0.843. The van der Waals surface area contributed by atoms with Crippen LogP contribution in [0, 0.1) is 5.92 Å². The molecule has 1 aliphatic carbocycles. The Labute approximate surface area is 49.0 Å². The predicted octanol–water partition coefficient (Wildman–Crippen LogP) is 1.92. The molecule has 0 nitrogen and oxygen atoms in total. The van der Waals surface area contributed by atoms with Gasteiger partial charge in [-0.1, -0.05) is 6.08 Å². The number of rotatable bonds is 2. The van der Waals surface area contributed by atoms with Gasteiger partial charge in [-0.05, 0) is 18.6 Å². The fourth-order valence-corrected chi connectivity index (χ4v) is 1.58. The summed E-state index contributed by atoms with van der Waals surface area (Å²) < 4.78 is 0. The lowest BCUT2D eigenvalue weighted by Crippen LogP contribution is -1.71. The molecular weight excluding hydrogens is 104 g/mol. The lowest BCUT2D eigenvalue weighted by atomic mass is 10.4. The minimum atomic E-state index is 0.843. The lowest BCUT2D eigenvalue weighted by molar-refractivity contribution is 1.14. The predicted molar refractivity (Wildman–Crippen MR) is 35.6 cm³/mol. The van der Waals surface area contributed by atoms with Gasteiger partial charge in [-0.25, -0.2) is 0 Å². The SMILES string of the molecule is C=C[C@@H]1C[C@H]1SC. The maximum atomic E-state index is 3.71. The second-order valence-corrected chi connectivity index (χ2v) is 2.99. The summed E-state index contributed by atoms with van der Waals surface area (Å²) in [6.07, 6.45) is 5.58. The van der Waals surface area contributed by atoms with Crippen molar-refractivity contribution in [3.63, 3.8) is 0 Å². The molecular formula is C6H10S. The van der Waals surface area contributed by atoms with Crippen LogP contribution in [0.2, 0.25) is 0 Å². The summed E-state index contributed by atoms with van der Waals surface area (Å²) >= 11 is 1.95. The van der Waals surface area contributed by atoms with Gasteiger partial charge in [-0.15, -0.1) is 6.58 Å². The van der Waals surface area contributed by atoms with E-state index < -0.39 is 0 Å². The first kappa shape index (κ1) is 5.23. The largest absolute Gasteiger partial charge is 0.161 e. The molecule has 7 heavy (non-hydrogen) atoms. The van der Waals surface area contributed by atoms with Gasteiger partial charge in [0, 0.05) is 5.25 Å². The fourth-order valence-electron chi connectivity index (χ4n) is 0.709. The first-order valence-electron chi connectivity index (χ1n) is 2.54. The van der Waals surface area contributed by atoms with Gasteiger partial charge in [0.15, 0.2) is 0 Å². The van der Waals surface area contributed by atoms with Gasteiger partial charge in [0.25, 0.3) is 0 Å². The first-order valence-corrected chi connectivity index (χ1v) is 3.82. The molecule has 0 amide bonds. The van der Waals surface area contributed by atoms with Crippen molar-refractivity contribution in [1.82, 2.24) is 0 Å². The quantitative estimate of drug-likeness (QED) is 0.494. The van der Waals surface area contributed by atoms with Gasteiger partial charge in [0.05, 0.1) is 0 Å². The second-order valence-electron chi connectivity index (χ2n) is 1.91. The Bertz CT molecular complexity index is 78.2. The minimum Gasteiger partial charge on any atom is -0.161 e. The number of hydrogen-bond acceptors (Lipinski definition) is 1. The van der Waals surface area contributed by atoms with Crippen molar-refractivity contribution in [2.45, 2.75) is 11.7 Å². The standard InChI is InChI=1S/C6H10S/c1-3-5-4-6(5)7-2/h3,5-6H,1,4H2,2H3/t5-,6-/m1/s1. The molecule has 2 atom stereocenters. The first-order chi connectivity index (χ1) is 3.38.